The summed E-state index contributed by atoms with van der Waals surface area (Å²) >= 11 is 13.7. The van der Waals surface area contributed by atoms with Gasteiger partial charge in [-0.05, 0) is 23.1 Å². The molecule has 0 radical (unpaired) electrons. The molecule has 1 aliphatic rings. The maximum absolute atomic E-state index is 6.89. The Morgan fingerprint density at radius 3 is 2.40 bits per heavy atom. The lowest BCUT2D eigenvalue weighted by Crippen LogP contribution is -2.27. The number of halogens is 2. The second kappa shape index (κ2) is 5.27. The molecule has 0 fully saturated rings. The van der Waals surface area contributed by atoms with E-state index < -0.39 is 4.87 Å². The van der Waals surface area contributed by atoms with Crippen LogP contribution in [0.1, 0.15) is 29.0 Å². The largest absolute Gasteiger partial charge is 0.120 e. The Labute approximate surface area is 130 Å². The van der Waals surface area contributed by atoms with Gasteiger partial charge in [-0.2, -0.15) is 0 Å². The number of fused-ring (bicyclic) bond motifs is 1. The maximum atomic E-state index is 6.89. The van der Waals surface area contributed by atoms with E-state index in [0.29, 0.717) is 6.42 Å². The Hall–Kier alpha value is -1.24. The quantitative estimate of drug-likeness (QED) is 0.522. The van der Waals surface area contributed by atoms with Gasteiger partial charge in [0.2, 0.25) is 0 Å². The molecule has 1 aliphatic carbocycles. The Kier molecular flexibility index (Phi) is 3.62. The first kappa shape index (κ1) is 13.7. The molecule has 0 N–H and O–H groups in total. The van der Waals surface area contributed by atoms with Crippen molar-refractivity contribution in [2.45, 2.75) is 22.6 Å². The highest BCUT2D eigenvalue weighted by molar-refractivity contribution is 6.34. The minimum atomic E-state index is -0.569. The molecular weight excluding hydrogens is 287 g/mol. The van der Waals surface area contributed by atoms with Crippen molar-refractivity contribution in [3.63, 3.8) is 0 Å². The lowest BCUT2D eigenvalue weighted by molar-refractivity contribution is 0.588. The van der Waals surface area contributed by atoms with Crippen molar-refractivity contribution in [1.82, 2.24) is 0 Å². The van der Waals surface area contributed by atoms with Crippen LogP contribution < -0.4 is 0 Å². The van der Waals surface area contributed by atoms with Crippen molar-refractivity contribution < 1.29 is 0 Å². The highest BCUT2D eigenvalue weighted by Crippen LogP contribution is 2.55. The molecule has 3 rings (SSSR count). The lowest BCUT2D eigenvalue weighted by atomic mass is 9.91. The lowest BCUT2D eigenvalue weighted by Gasteiger charge is -2.27. The number of alkyl halides is 2. The third-order valence-corrected chi connectivity index (χ3v) is 5.40. The normalized spacial score (nSPS) is 28.1. The third-order valence-electron chi connectivity index (χ3n) is 4.07. The van der Waals surface area contributed by atoms with E-state index in [1.54, 1.807) is 0 Å². The van der Waals surface area contributed by atoms with E-state index >= 15 is 0 Å². The smallest absolute Gasteiger partial charge is 0.0904 e. The van der Waals surface area contributed by atoms with Crippen molar-refractivity contribution in [2.24, 2.45) is 0 Å². The van der Waals surface area contributed by atoms with Crippen LogP contribution in [-0.4, -0.2) is 5.38 Å². The molecule has 0 aromatic heterocycles. The molecule has 0 spiro atoms. The molecule has 0 saturated heterocycles. The maximum Gasteiger partial charge on any atom is 0.0904 e. The van der Waals surface area contributed by atoms with Gasteiger partial charge in [0.25, 0.3) is 0 Å². The molecular formula is C18H16Cl2. The Balaban J connectivity index is 2.17. The van der Waals surface area contributed by atoms with Gasteiger partial charge in [-0.1, -0.05) is 60.7 Å². The Morgan fingerprint density at radius 1 is 1.05 bits per heavy atom. The van der Waals surface area contributed by atoms with E-state index in [2.05, 4.69) is 36.9 Å². The monoisotopic (exact) mass is 302 g/mol. The molecule has 0 aliphatic heterocycles. The Morgan fingerprint density at radius 2 is 1.70 bits per heavy atom. The first-order chi connectivity index (χ1) is 9.68. The van der Waals surface area contributed by atoms with Crippen LogP contribution in [0.4, 0.5) is 0 Å². The number of allylic oxidation sites excluding steroid dienone is 1. The van der Waals surface area contributed by atoms with Crippen molar-refractivity contribution >= 4 is 23.2 Å². The second-order valence-corrected chi connectivity index (χ2v) is 6.38. The van der Waals surface area contributed by atoms with Crippen LogP contribution in [0.25, 0.3) is 0 Å². The molecule has 0 amide bonds. The van der Waals surface area contributed by atoms with Crippen LogP contribution in [-0.2, 0) is 4.87 Å². The molecule has 2 aromatic rings. The molecule has 0 saturated carbocycles. The van der Waals surface area contributed by atoms with Gasteiger partial charge in [-0.15, -0.1) is 29.8 Å². The predicted octanol–water partition coefficient (Wildman–Crippen LogP) is 5.45. The van der Waals surface area contributed by atoms with Gasteiger partial charge in [-0.3, -0.25) is 0 Å². The molecule has 2 aromatic carbocycles. The number of rotatable bonds is 3. The summed E-state index contributed by atoms with van der Waals surface area (Å²) in [5.41, 5.74) is 3.58. The molecule has 0 bridgehead atoms. The summed E-state index contributed by atoms with van der Waals surface area (Å²) in [5.74, 6) is 0.131. The average Bonchev–Trinajstić information content (AvgIpc) is 2.70. The van der Waals surface area contributed by atoms with Crippen LogP contribution in [0.2, 0.25) is 0 Å². The molecule has 0 heterocycles. The predicted molar refractivity (Wildman–Crippen MR) is 86.7 cm³/mol. The van der Waals surface area contributed by atoms with E-state index in [1.807, 2.05) is 30.3 Å². The summed E-state index contributed by atoms with van der Waals surface area (Å²) in [4.78, 5) is -0.569. The second-order valence-electron chi connectivity index (χ2n) is 5.23. The van der Waals surface area contributed by atoms with Crippen LogP contribution in [0.3, 0.4) is 0 Å². The standard InChI is InChI=1S/C18H16Cl2/c1-2-12-18(20)15-11-7-6-10-14(15)16(17(18)19)13-8-4-3-5-9-13/h2-11,16-17H,1,12H2. The first-order valence-electron chi connectivity index (χ1n) is 6.76. The van der Waals surface area contributed by atoms with E-state index in [-0.39, 0.29) is 11.3 Å². The number of hydrogen-bond donors (Lipinski definition) is 0. The van der Waals surface area contributed by atoms with Gasteiger partial charge >= 0.3 is 0 Å². The summed E-state index contributed by atoms with van der Waals surface area (Å²) in [7, 11) is 0. The minimum absolute atomic E-state index is 0.131. The van der Waals surface area contributed by atoms with Crippen molar-refractivity contribution in [3.8, 4) is 0 Å². The zero-order chi connectivity index (χ0) is 14.2. The van der Waals surface area contributed by atoms with E-state index in [0.717, 1.165) is 5.56 Å². The molecule has 2 heteroatoms. The fraction of sp³-hybridized carbons (Fsp3) is 0.222. The highest BCUT2D eigenvalue weighted by atomic mass is 35.5. The van der Waals surface area contributed by atoms with Crippen LogP contribution in [0.5, 0.6) is 0 Å². The molecule has 102 valence electrons. The molecule has 20 heavy (non-hydrogen) atoms. The van der Waals surface area contributed by atoms with Gasteiger partial charge in [-0.25, -0.2) is 0 Å². The summed E-state index contributed by atoms with van der Waals surface area (Å²) < 4.78 is 0. The Bertz CT molecular complexity index is 620. The first-order valence-corrected chi connectivity index (χ1v) is 7.58. The molecule has 3 unspecified atom stereocenters. The minimum Gasteiger partial charge on any atom is -0.120 e. The van der Waals surface area contributed by atoms with Crippen molar-refractivity contribution in [1.29, 1.82) is 0 Å². The molecule has 0 nitrogen and oxygen atoms in total. The van der Waals surface area contributed by atoms with Gasteiger partial charge in [0.05, 0.1) is 10.3 Å². The fourth-order valence-corrected chi connectivity index (χ4v) is 4.05. The van der Waals surface area contributed by atoms with Crippen LogP contribution in [0.15, 0.2) is 67.3 Å². The van der Waals surface area contributed by atoms with Crippen molar-refractivity contribution in [2.75, 3.05) is 0 Å². The summed E-state index contributed by atoms with van der Waals surface area (Å²) in [6, 6.07) is 18.6. The van der Waals surface area contributed by atoms with E-state index in [4.69, 9.17) is 23.2 Å². The SMILES string of the molecule is C=CCC1(Cl)c2ccccc2C(c2ccccc2)C1Cl. The zero-order valence-electron chi connectivity index (χ0n) is 11.1. The topological polar surface area (TPSA) is 0 Å². The van der Waals surface area contributed by atoms with Crippen LogP contribution >= 0.6 is 23.2 Å². The van der Waals surface area contributed by atoms with Gasteiger partial charge < -0.3 is 0 Å². The fourth-order valence-electron chi connectivity index (χ4n) is 3.16. The summed E-state index contributed by atoms with van der Waals surface area (Å²) in [5, 5.41) is -0.179. The van der Waals surface area contributed by atoms with Gasteiger partial charge in [0, 0.05) is 5.92 Å². The van der Waals surface area contributed by atoms with Crippen molar-refractivity contribution in [3.05, 3.63) is 83.9 Å². The molecule has 3 atom stereocenters. The average molecular weight is 303 g/mol. The van der Waals surface area contributed by atoms with Gasteiger partial charge in [0.1, 0.15) is 0 Å². The van der Waals surface area contributed by atoms with Crippen LogP contribution in [0, 0.1) is 0 Å². The zero-order valence-corrected chi connectivity index (χ0v) is 12.6. The van der Waals surface area contributed by atoms with E-state index in [1.165, 1.54) is 11.1 Å². The van der Waals surface area contributed by atoms with E-state index in [9.17, 15) is 0 Å². The highest BCUT2D eigenvalue weighted by Gasteiger charge is 2.49. The third kappa shape index (κ3) is 1.99. The van der Waals surface area contributed by atoms with Gasteiger partial charge in [0.15, 0.2) is 0 Å². The summed E-state index contributed by atoms with van der Waals surface area (Å²) in [6.07, 6.45) is 2.52. The number of benzene rings is 2. The number of hydrogen-bond acceptors (Lipinski definition) is 0. The summed E-state index contributed by atoms with van der Waals surface area (Å²) in [6.45, 7) is 3.83.